The third kappa shape index (κ3) is 1.41. The maximum atomic E-state index is 12.3. The van der Waals surface area contributed by atoms with Crippen molar-refractivity contribution < 1.29 is 17.9 Å². The van der Waals surface area contributed by atoms with Gasteiger partial charge in [0.05, 0.1) is 25.1 Å². The van der Waals surface area contributed by atoms with Crippen molar-refractivity contribution in [1.82, 2.24) is 9.78 Å². The Balaban J connectivity index is 2.43. The molecular formula is C7H7F3N2O. The molecule has 0 N–H and O–H groups in total. The predicted octanol–water partition coefficient (Wildman–Crippen LogP) is 1.43. The second kappa shape index (κ2) is 2.73. The summed E-state index contributed by atoms with van der Waals surface area (Å²) in [5.41, 5.74) is 0.752. The fourth-order valence-corrected chi connectivity index (χ4v) is 1.36. The molecule has 0 saturated carbocycles. The summed E-state index contributed by atoms with van der Waals surface area (Å²) in [5, 5.41) is 3.28. The van der Waals surface area contributed by atoms with Crippen LogP contribution in [-0.2, 0) is 24.1 Å². The largest absolute Gasteiger partial charge is 0.504 e. The lowest BCUT2D eigenvalue weighted by Gasteiger charge is -2.15. The van der Waals surface area contributed by atoms with Crippen molar-refractivity contribution in [3.8, 4) is 0 Å². The lowest BCUT2D eigenvalue weighted by molar-refractivity contribution is -0.214. The summed E-state index contributed by atoms with van der Waals surface area (Å²) in [6, 6.07) is 0. The number of hydrogen-bond acceptors (Lipinski definition) is 2. The molecule has 0 aliphatic carbocycles. The summed E-state index contributed by atoms with van der Waals surface area (Å²) < 4.78 is 41.9. The molecule has 0 fully saturated rings. The van der Waals surface area contributed by atoms with E-state index in [9.17, 15) is 13.2 Å². The molecule has 1 aromatic heterocycles. The summed E-state index contributed by atoms with van der Waals surface area (Å²) in [7, 11) is 0. The molecule has 1 aliphatic heterocycles. The molecule has 1 aromatic rings. The van der Waals surface area contributed by atoms with Gasteiger partial charge in [0.1, 0.15) is 0 Å². The lowest BCUT2D eigenvalue weighted by Crippen LogP contribution is -2.23. The molecule has 0 amide bonds. The Morgan fingerprint density at radius 3 is 2.92 bits per heavy atom. The van der Waals surface area contributed by atoms with E-state index < -0.39 is 6.30 Å². The number of hydrogen-bond donors (Lipinski definition) is 0. The highest BCUT2D eigenvalue weighted by Crippen LogP contribution is 2.27. The van der Waals surface area contributed by atoms with Crippen LogP contribution in [0, 0.1) is 0 Å². The van der Waals surface area contributed by atoms with Crippen LogP contribution >= 0.6 is 0 Å². The fraction of sp³-hybridized carbons (Fsp3) is 0.571. The van der Waals surface area contributed by atoms with Crippen molar-refractivity contribution in [2.24, 2.45) is 0 Å². The zero-order chi connectivity index (χ0) is 9.47. The first-order valence-corrected chi connectivity index (χ1v) is 3.80. The molecule has 0 radical (unpaired) electrons. The van der Waals surface area contributed by atoms with E-state index in [0.717, 1.165) is 0 Å². The fourth-order valence-electron chi connectivity index (χ4n) is 1.36. The first kappa shape index (κ1) is 8.55. The normalized spacial score (nSPS) is 17.2. The number of nitrogens with zero attached hydrogens (tertiary/aromatic N) is 2. The van der Waals surface area contributed by atoms with Gasteiger partial charge in [-0.15, -0.1) is 13.2 Å². The molecule has 2 rings (SSSR count). The smallest absolute Gasteiger partial charge is 0.376 e. The van der Waals surface area contributed by atoms with Crippen LogP contribution in [0.5, 0.6) is 0 Å². The summed E-state index contributed by atoms with van der Waals surface area (Å²) in [4.78, 5) is 0. The second-order valence-corrected chi connectivity index (χ2v) is 2.80. The first-order valence-electron chi connectivity index (χ1n) is 3.80. The van der Waals surface area contributed by atoms with E-state index in [-0.39, 0.29) is 23.4 Å². The maximum Gasteiger partial charge on any atom is 0.504 e. The van der Waals surface area contributed by atoms with Crippen molar-refractivity contribution >= 4 is 0 Å². The van der Waals surface area contributed by atoms with E-state index in [0.29, 0.717) is 12.2 Å². The van der Waals surface area contributed by atoms with Crippen LogP contribution in [0.25, 0.3) is 0 Å². The average Bonchev–Trinajstić information content (AvgIpc) is 2.45. The topological polar surface area (TPSA) is 27.1 Å². The number of rotatable bonds is 0. The van der Waals surface area contributed by atoms with Gasteiger partial charge in [-0.05, 0) is 0 Å². The van der Waals surface area contributed by atoms with E-state index in [1.165, 1.54) is 6.20 Å². The molecule has 0 aromatic carbocycles. The number of halogens is 3. The van der Waals surface area contributed by atoms with E-state index in [2.05, 4.69) is 5.10 Å². The quantitative estimate of drug-likeness (QED) is 0.621. The first-order chi connectivity index (χ1) is 6.09. The zero-order valence-electron chi connectivity index (χ0n) is 6.64. The van der Waals surface area contributed by atoms with Gasteiger partial charge >= 0.3 is 6.30 Å². The van der Waals surface area contributed by atoms with E-state index in [1.54, 1.807) is 0 Å². The Kier molecular flexibility index (Phi) is 1.80. The molecular weight excluding hydrogens is 185 g/mol. The van der Waals surface area contributed by atoms with Gasteiger partial charge in [-0.1, -0.05) is 0 Å². The zero-order valence-corrected chi connectivity index (χ0v) is 6.64. The standard InChI is InChI=1S/C7H7F3N2O/c8-7(9,10)12-6-1-2-13-4-5(6)3-11-12/h3H,1-2,4H2. The monoisotopic (exact) mass is 192 g/mol. The van der Waals surface area contributed by atoms with Crippen LogP contribution in [-0.4, -0.2) is 16.4 Å². The van der Waals surface area contributed by atoms with Gasteiger partial charge in [0, 0.05) is 12.0 Å². The van der Waals surface area contributed by atoms with Gasteiger partial charge in [-0.2, -0.15) is 9.78 Å². The molecule has 72 valence electrons. The van der Waals surface area contributed by atoms with Crippen molar-refractivity contribution in [1.29, 1.82) is 0 Å². The van der Waals surface area contributed by atoms with E-state index in [4.69, 9.17) is 4.74 Å². The van der Waals surface area contributed by atoms with Gasteiger partial charge in [0.2, 0.25) is 0 Å². The highest BCUT2D eigenvalue weighted by atomic mass is 19.4. The number of ether oxygens (including phenoxy) is 1. The van der Waals surface area contributed by atoms with Crippen LogP contribution in [0.2, 0.25) is 0 Å². The van der Waals surface area contributed by atoms with Crippen molar-refractivity contribution in [2.75, 3.05) is 6.61 Å². The van der Waals surface area contributed by atoms with Crippen molar-refractivity contribution in [2.45, 2.75) is 19.3 Å². The molecule has 1 aliphatic rings. The molecule has 0 spiro atoms. The Morgan fingerprint density at radius 2 is 2.23 bits per heavy atom. The van der Waals surface area contributed by atoms with Crippen LogP contribution < -0.4 is 0 Å². The summed E-state index contributed by atoms with van der Waals surface area (Å²) in [5.74, 6) is 0. The molecule has 0 bridgehead atoms. The Bertz CT molecular complexity index is 318. The SMILES string of the molecule is FC(F)(F)n1ncc2c1CCOC2. The summed E-state index contributed by atoms with van der Waals surface area (Å²) in [6.45, 7) is 0.556. The summed E-state index contributed by atoms with van der Waals surface area (Å²) >= 11 is 0. The lowest BCUT2D eigenvalue weighted by atomic mass is 10.2. The van der Waals surface area contributed by atoms with Crippen LogP contribution in [0.1, 0.15) is 11.3 Å². The van der Waals surface area contributed by atoms with Crippen LogP contribution in [0.15, 0.2) is 6.20 Å². The number of aromatic nitrogens is 2. The van der Waals surface area contributed by atoms with Gasteiger partial charge in [-0.3, -0.25) is 0 Å². The highest BCUT2D eigenvalue weighted by molar-refractivity contribution is 5.19. The minimum atomic E-state index is -4.41. The molecule has 13 heavy (non-hydrogen) atoms. The number of alkyl halides is 3. The van der Waals surface area contributed by atoms with Crippen LogP contribution in [0.4, 0.5) is 13.2 Å². The molecule has 0 unspecified atom stereocenters. The Labute approximate surface area is 72.1 Å². The van der Waals surface area contributed by atoms with E-state index in [1.807, 2.05) is 0 Å². The molecule has 2 heterocycles. The molecule has 3 nitrogen and oxygen atoms in total. The van der Waals surface area contributed by atoms with Gasteiger partial charge < -0.3 is 4.74 Å². The summed E-state index contributed by atoms with van der Waals surface area (Å²) in [6.07, 6.45) is -2.93. The molecule has 6 heteroatoms. The van der Waals surface area contributed by atoms with Gasteiger partial charge in [0.25, 0.3) is 0 Å². The molecule has 0 atom stereocenters. The van der Waals surface area contributed by atoms with Gasteiger partial charge in [-0.25, -0.2) is 0 Å². The van der Waals surface area contributed by atoms with Crippen molar-refractivity contribution in [3.05, 3.63) is 17.5 Å². The maximum absolute atomic E-state index is 12.3. The molecule has 0 saturated heterocycles. The van der Waals surface area contributed by atoms with Crippen LogP contribution in [0.3, 0.4) is 0 Å². The Morgan fingerprint density at radius 1 is 1.46 bits per heavy atom. The Hall–Kier alpha value is -1.04. The minimum absolute atomic E-state index is 0.116. The second-order valence-electron chi connectivity index (χ2n) is 2.80. The predicted molar refractivity (Wildman–Crippen MR) is 36.9 cm³/mol. The number of fused-ring (bicyclic) bond motifs is 1. The third-order valence-corrected chi connectivity index (χ3v) is 1.94. The van der Waals surface area contributed by atoms with Gasteiger partial charge in [0.15, 0.2) is 0 Å². The minimum Gasteiger partial charge on any atom is -0.376 e. The van der Waals surface area contributed by atoms with Crippen molar-refractivity contribution in [3.63, 3.8) is 0 Å². The highest BCUT2D eigenvalue weighted by Gasteiger charge is 2.35. The average molecular weight is 192 g/mol. The third-order valence-electron chi connectivity index (χ3n) is 1.94. The van der Waals surface area contributed by atoms with E-state index >= 15 is 0 Å².